The average molecular weight is 416 g/mol. The Kier molecular flexibility index (Phi) is 8.36. The largest absolute Gasteiger partial charge is 0.457 e. The number of benzene rings is 2. The maximum Gasteiger partial charge on any atom is 0.303 e. The standard InChI is InChI=1S/C23H28O7/c1-16(24)29-21-20(25)19(15-27-13-17-9-5-3-6-10-17)30-23(26-2)22(21)28-14-18-11-7-4-8-12-18/h3-12,19-23,25H,13-15H2,1-2H3/t19?,20-,21?,22?,23+/m1/s1. The second-order valence-electron chi connectivity index (χ2n) is 7.11. The van der Waals surface area contributed by atoms with E-state index in [2.05, 4.69) is 0 Å². The van der Waals surface area contributed by atoms with Gasteiger partial charge in [-0.05, 0) is 11.1 Å². The van der Waals surface area contributed by atoms with Crippen LogP contribution in [0.5, 0.6) is 0 Å². The molecule has 1 aliphatic rings. The molecule has 7 nitrogen and oxygen atoms in total. The van der Waals surface area contributed by atoms with E-state index in [-0.39, 0.29) is 13.2 Å². The number of esters is 1. The monoisotopic (exact) mass is 416 g/mol. The number of hydrogen-bond acceptors (Lipinski definition) is 7. The van der Waals surface area contributed by atoms with Crippen molar-refractivity contribution in [3.8, 4) is 0 Å². The second kappa shape index (κ2) is 11.2. The first-order valence-corrected chi connectivity index (χ1v) is 9.89. The highest BCUT2D eigenvalue weighted by Gasteiger charge is 2.48. The van der Waals surface area contributed by atoms with Gasteiger partial charge in [0.15, 0.2) is 12.4 Å². The summed E-state index contributed by atoms with van der Waals surface area (Å²) in [5, 5.41) is 10.8. The van der Waals surface area contributed by atoms with Crippen molar-refractivity contribution < 1.29 is 33.6 Å². The Labute approximate surface area is 176 Å². The van der Waals surface area contributed by atoms with E-state index in [0.29, 0.717) is 6.61 Å². The van der Waals surface area contributed by atoms with Crippen LogP contribution in [0.25, 0.3) is 0 Å². The number of carbonyl (C=O) groups excluding carboxylic acids is 1. The third-order valence-corrected chi connectivity index (χ3v) is 4.83. The van der Waals surface area contributed by atoms with Gasteiger partial charge in [-0.15, -0.1) is 0 Å². The van der Waals surface area contributed by atoms with Gasteiger partial charge < -0.3 is 28.8 Å². The summed E-state index contributed by atoms with van der Waals surface area (Å²) < 4.78 is 28.4. The van der Waals surface area contributed by atoms with Crippen LogP contribution in [-0.2, 0) is 41.7 Å². The molecule has 3 rings (SSSR count). The minimum atomic E-state index is -1.13. The molecule has 1 aliphatic heterocycles. The zero-order chi connectivity index (χ0) is 21.3. The van der Waals surface area contributed by atoms with Crippen molar-refractivity contribution in [1.29, 1.82) is 0 Å². The molecule has 3 unspecified atom stereocenters. The Balaban J connectivity index is 1.65. The van der Waals surface area contributed by atoms with Crippen molar-refractivity contribution in [2.24, 2.45) is 0 Å². The molecule has 0 aromatic heterocycles. The van der Waals surface area contributed by atoms with Gasteiger partial charge >= 0.3 is 5.97 Å². The molecule has 7 heteroatoms. The third kappa shape index (κ3) is 6.10. The molecule has 30 heavy (non-hydrogen) atoms. The van der Waals surface area contributed by atoms with Crippen LogP contribution in [0, 0.1) is 0 Å². The summed E-state index contributed by atoms with van der Waals surface area (Å²) in [7, 11) is 1.48. The van der Waals surface area contributed by atoms with Gasteiger partial charge in [-0.1, -0.05) is 60.7 Å². The molecular formula is C23H28O7. The van der Waals surface area contributed by atoms with E-state index in [1.807, 2.05) is 60.7 Å². The van der Waals surface area contributed by atoms with Crippen molar-refractivity contribution in [3.05, 3.63) is 71.8 Å². The van der Waals surface area contributed by atoms with Crippen molar-refractivity contribution in [1.82, 2.24) is 0 Å². The smallest absolute Gasteiger partial charge is 0.303 e. The van der Waals surface area contributed by atoms with E-state index in [9.17, 15) is 9.90 Å². The number of carbonyl (C=O) groups is 1. The van der Waals surface area contributed by atoms with Crippen LogP contribution in [0.2, 0.25) is 0 Å². The van der Waals surface area contributed by atoms with E-state index in [1.54, 1.807) is 0 Å². The van der Waals surface area contributed by atoms with E-state index in [4.69, 9.17) is 23.7 Å². The van der Waals surface area contributed by atoms with Crippen LogP contribution in [0.1, 0.15) is 18.1 Å². The number of methoxy groups -OCH3 is 1. The van der Waals surface area contributed by atoms with Crippen molar-refractivity contribution in [2.75, 3.05) is 13.7 Å². The Bertz CT molecular complexity index is 768. The Morgan fingerprint density at radius 2 is 1.57 bits per heavy atom. The van der Waals surface area contributed by atoms with Crippen molar-refractivity contribution >= 4 is 5.97 Å². The Morgan fingerprint density at radius 1 is 0.967 bits per heavy atom. The van der Waals surface area contributed by atoms with Gasteiger partial charge in [0.05, 0.1) is 19.8 Å². The van der Waals surface area contributed by atoms with Crippen molar-refractivity contribution in [3.63, 3.8) is 0 Å². The number of aliphatic hydroxyl groups is 1. The molecule has 1 saturated heterocycles. The normalized spacial score (nSPS) is 26.3. The zero-order valence-electron chi connectivity index (χ0n) is 17.2. The summed E-state index contributed by atoms with van der Waals surface area (Å²) in [5.41, 5.74) is 1.95. The molecule has 1 fully saturated rings. The van der Waals surface area contributed by atoms with E-state index < -0.39 is 36.7 Å². The molecule has 0 saturated carbocycles. The van der Waals surface area contributed by atoms with Gasteiger partial charge in [-0.25, -0.2) is 0 Å². The first-order chi connectivity index (χ1) is 14.6. The molecule has 0 spiro atoms. The fraction of sp³-hybridized carbons (Fsp3) is 0.435. The molecule has 0 amide bonds. The molecule has 5 atom stereocenters. The van der Waals surface area contributed by atoms with Gasteiger partial charge in [0.25, 0.3) is 0 Å². The zero-order valence-corrected chi connectivity index (χ0v) is 17.2. The van der Waals surface area contributed by atoms with E-state index >= 15 is 0 Å². The summed E-state index contributed by atoms with van der Waals surface area (Å²) in [4.78, 5) is 11.7. The predicted octanol–water partition coefficient (Wildman–Crippen LogP) is 2.45. The number of aliphatic hydroxyl groups excluding tert-OH is 1. The van der Waals surface area contributed by atoms with Crippen LogP contribution < -0.4 is 0 Å². The van der Waals surface area contributed by atoms with Crippen LogP contribution in [0.15, 0.2) is 60.7 Å². The molecule has 2 aromatic rings. The molecule has 2 aromatic carbocycles. The topological polar surface area (TPSA) is 83.5 Å². The van der Waals surface area contributed by atoms with Crippen LogP contribution in [-0.4, -0.2) is 55.5 Å². The first-order valence-electron chi connectivity index (χ1n) is 9.89. The summed E-state index contributed by atoms with van der Waals surface area (Å²) in [6, 6.07) is 19.2. The highest BCUT2D eigenvalue weighted by Crippen LogP contribution is 2.28. The number of hydrogen-bond donors (Lipinski definition) is 1. The number of rotatable bonds is 9. The Morgan fingerprint density at radius 3 is 2.13 bits per heavy atom. The summed E-state index contributed by atoms with van der Waals surface area (Å²) in [6.45, 7) is 2.03. The first kappa shape index (κ1) is 22.4. The van der Waals surface area contributed by atoms with E-state index in [0.717, 1.165) is 11.1 Å². The SMILES string of the molecule is CO[C@H]1OC(COCc2ccccc2)[C@@H](O)C(OC(C)=O)C1OCc1ccccc1. The quantitative estimate of drug-likeness (QED) is 0.629. The van der Waals surface area contributed by atoms with Crippen LogP contribution >= 0.6 is 0 Å². The lowest BCUT2D eigenvalue weighted by molar-refractivity contribution is -0.309. The average Bonchev–Trinajstić information content (AvgIpc) is 2.76. The highest BCUT2D eigenvalue weighted by atomic mass is 16.7. The van der Waals surface area contributed by atoms with Gasteiger partial charge in [-0.3, -0.25) is 4.79 Å². The summed E-state index contributed by atoms with van der Waals surface area (Å²) >= 11 is 0. The molecule has 0 bridgehead atoms. The lowest BCUT2D eigenvalue weighted by Gasteiger charge is -2.43. The minimum Gasteiger partial charge on any atom is -0.457 e. The maximum absolute atomic E-state index is 11.7. The minimum absolute atomic E-state index is 0.110. The molecular weight excluding hydrogens is 388 g/mol. The summed E-state index contributed by atoms with van der Waals surface area (Å²) in [6.07, 6.45) is -4.43. The van der Waals surface area contributed by atoms with E-state index in [1.165, 1.54) is 14.0 Å². The summed E-state index contributed by atoms with van der Waals surface area (Å²) in [5.74, 6) is -0.520. The van der Waals surface area contributed by atoms with Crippen LogP contribution in [0.3, 0.4) is 0 Å². The fourth-order valence-corrected chi connectivity index (χ4v) is 3.35. The van der Waals surface area contributed by atoms with Gasteiger partial charge in [0, 0.05) is 14.0 Å². The number of ether oxygens (including phenoxy) is 5. The van der Waals surface area contributed by atoms with Gasteiger partial charge in [0.2, 0.25) is 0 Å². The lowest BCUT2D eigenvalue weighted by Crippen LogP contribution is -2.61. The Hall–Kier alpha value is -2.29. The fourth-order valence-electron chi connectivity index (χ4n) is 3.35. The van der Waals surface area contributed by atoms with Gasteiger partial charge in [-0.2, -0.15) is 0 Å². The van der Waals surface area contributed by atoms with Crippen LogP contribution in [0.4, 0.5) is 0 Å². The molecule has 1 heterocycles. The molecule has 0 aliphatic carbocycles. The molecule has 162 valence electrons. The predicted molar refractivity (Wildman–Crippen MR) is 108 cm³/mol. The highest BCUT2D eigenvalue weighted by molar-refractivity contribution is 5.66. The lowest BCUT2D eigenvalue weighted by atomic mass is 9.98. The third-order valence-electron chi connectivity index (χ3n) is 4.83. The van der Waals surface area contributed by atoms with Crippen molar-refractivity contribution in [2.45, 2.75) is 50.8 Å². The molecule has 0 radical (unpaired) electrons. The maximum atomic E-state index is 11.7. The second-order valence-corrected chi connectivity index (χ2v) is 7.11. The van der Waals surface area contributed by atoms with Gasteiger partial charge in [0.1, 0.15) is 18.3 Å². The molecule has 1 N–H and O–H groups in total.